The molecule has 0 aliphatic carbocycles. The van der Waals surface area contributed by atoms with E-state index in [9.17, 15) is 4.79 Å². The number of carbonyl (C=O) groups is 1. The molecule has 2 heterocycles. The van der Waals surface area contributed by atoms with Crippen LogP contribution in [0.1, 0.15) is 15.9 Å². The van der Waals surface area contributed by atoms with E-state index in [1.165, 1.54) is 6.26 Å². The second-order valence-corrected chi connectivity index (χ2v) is 4.28. The summed E-state index contributed by atoms with van der Waals surface area (Å²) in [5.74, 6) is -0.136. The standard InChI is InChI=1S/C13H13ClN2O2/c1-16(8-4-10-2-6-15-7-3-10)13(17)11-5-9-18-12(11)14/h2-3,5-7,9H,4,8H2,1H3. The summed E-state index contributed by atoms with van der Waals surface area (Å²) in [6.45, 7) is 0.615. The molecule has 0 spiro atoms. The van der Waals surface area contributed by atoms with Crippen LogP contribution in [0.15, 0.2) is 41.3 Å². The Morgan fingerprint density at radius 3 is 2.72 bits per heavy atom. The van der Waals surface area contributed by atoms with Gasteiger partial charge in [-0.15, -0.1) is 0 Å². The lowest BCUT2D eigenvalue weighted by Gasteiger charge is -2.16. The Labute approximate surface area is 110 Å². The van der Waals surface area contributed by atoms with Crippen LogP contribution in [-0.2, 0) is 6.42 Å². The van der Waals surface area contributed by atoms with E-state index in [-0.39, 0.29) is 11.1 Å². The van der Waals surface area contributed by atoms with Gasteiger partial charge in [-0.2, -0.15) is 0 Å². The number of rotatable bonds is 4. The van der Waals surface area contributed by atoms with Crippen LogP contribution in [0.5, 0.6) is 0 Å². The highest BCUT2D eigenvalue weighted by Gasteiger charge is 2.16. The topological polar surface area (TPSA) is 46.3 Å². The molecule has 1 amide bonds. The van der Waals surface area contributed by atoms with E-state index in [1.54, 1.807) is 30.4 Å². The number of nitrogens with zero attached hydrogens (tertiary/aromatic N) is 2. The largest absolute Gasteiger partial charge is 0.452 e. The molecule has 0 saturated heterocycles. The molecule has 0 aliphatic rings. The summed E-state index contributed by atoms with van der Waals surface area (Å²) in [6.07, 6.45) is 5.67. The third-order valence-corrected chi connectivity index (χ3v) is 2.97. The maximum atomic E-state index is 12.0. The van der Waals surface area contributed by atoms with Crippen LogP contribution >= 0.6 is 11.6 Å². The van der Waals surface area contributed by atoms with Gasteiger partial charge in [0.2, 0.25) is 5.22 Å². The number of amides is 1. The van der Waals surface area contributed by atoms with Gasteiger partial charge in [-0.25, -0.2) is 0 Å². The number of furan rings is 1. The molecule has 4 nitrogen and oxygen atoms in total. The summed E-state index contributed by atoms with van der Waals surface area (Å²) < 4.78 is 4.91. The van der Waals surface area contributed by atoms with Gasteiger partial charge in [-0.05, 0) is 41.8 Å². The molecule has 2 aromatic rings. The number of carbonyl (C=O) groups excluding carboxylic acids is 1. The van der Waals surface area contributed by atoms with E-state index in [2.05, 4.69) is 4.98 Å². The number of hydrogen-bond donors (Lipinski definition) is 0. The molecular weight excluding hydrogens is 252 g/mol. The summed E-state index contributed by atoms with van der Waals surface area (Å²) in [6, 6.07) is 5.44. The van der Waals surface area contributed by atoms with Crippen LogP contribution in [0.25, 0.3) is 0 Å². The quantitative estimate of drug-likeness (QED) is 0.853. The van der Waals surface area contributed by atoms with Crippen LogP contribution in [0, 0.1) is 0 Å². The van der Waals surface area contributed by atoms with Crippen molar-refractivity contribution in [2.75, 3.05) is 13.6 Å². The molecule has 18 heavy (non-hydrogen) atoms. The van der Waals surface area contributed by atoms with Gasteiger partial charge in [0.15, 0.2) is 0 Å². The maximum Gasteiger partial charge on any atom is 0.258 e. The van der Waals surface area contributed by atoms with Crippen LogP contribution in [-0.4, -0.2) is 29.4 Å². The first-order valence-corrected chi connectivity index (χ1v) is 5.93. The molecule has 0 fully saturated rings. The van der Waals surface area contributed by atoms with E-state index in [0.717, 1.165) is 12.0 Å². The molecule has 0 aliphatic heterocycles. The predicted octanol–water partition coefficient (Wildman–Crippen LogP) is 2.64. The van der Waals surface area contributed by atoms with Gasteiger partial charge in [-0.3, -0.25) is 9.78 Å². The normalized spacial score (nSPS) is 10.3. The zero-order valence-electron chi connectivity index (χ0n) is 9.97. The van der Waals surface area contributed by atoms with Crippen molar-refractivity contribution in [2.45, 2.75) is 6.42 Å². The van der Waals surface area contributed by atoms with Gasteiger partial charge < -0.3 is 9.32 Å². The minimum atomic E-state index is -0.136. The lowest BCUT2D eigenvalue weighted by Crippen LogP contribution is -2.28. The monoisotopic (exact) mass is 264 g/mol. The second kappa shape index (κ2) is 5.69. The third-order valence-electron chi connectivity index (χ3n) is 2.68. The SMILES string of the molecule is CN(CCc1ccncc1)C(=O)c1ccoc1Cl. The van der Waals surface area contributed by atoms with Crippen molar-refractivity contribution in [3.63, 3.8) is 0 Å². The molecule has 0 atom stereocenters. The molecule has 0 unspecified atom stereocenters. The fourth-order valence-electron chi connectivity index (χ4n) is 1.60. The van der Waals surface area contributed by atoms with E-state index >= 15 is 0 Å². The average Bonchev–Trinajstić information content (AvgIpc) is 2.82. The Bertz CT molecular complexity index is 525. The molecule has 0 radical (unpaired) electrons. The van der Waals surface area contributed by atoms with Crippen molar-refractivity contribution in [2.24, 2.45) is 0 Å². The van der Waals surface area contributed by atoms with Crippen molar-refractivity contribution >= 4 is 17.5 Å². The van der Waals surface area contributed by atoms with Gasteiger partial charge >= 0.3 is 0 Å². The van der Waals surface area contributed by atoms with Gasteiger partial charge in [0, 0.05) is 26.0 Å². The number of likely N-dealkylation sites (N-methyl/N-ethyl adjacent to an activating group) is 1. The Morgan fingerprint density at radius 2 is 2.11 bits per heavy atom. The summed E-state index contributed by atoms with van der Waals surface area (Å²) in [7, 11) is 1.74. The van der Waals surface area contributed by atoms with Gasteiger partial charge in [0.05, 0.1) is 11.8 Å². The van der Waals surface area contributed by atoms with Crippen LogP contribution in [0.3, 0.4) is 0 Å². The van der Waals surface area contributed by atoms with Crippen molar-refractivity contribution in [1.82, 2.24) is 9.88 Å². The Balaban J connectivity index is 1.95. The molecule has 5 heteroatoms. The highest BCUT2D eigenvalue weighted by atomic mass is 35.5. The molecule has 0 saturated carbocycles. The lowest BCUT2D eigenvalue weighted by molar-refractivity contribution is 0.0796. The first kappa shape index (κ1) is 12.6. The highest BCUT2D eigenvalue weighted by molar-refractivity contribution is 6.32. The number of halogens is 1. The van der Waals surface area contributed by atoms with Crippen LogP contribution in [0.4, 0.5) is 0 Å². The van der Waals surface area contributed by atoms with E-state index in [4.69, 9.17) is 16.0 Å². The number of aromatic nitrogens is 1. The summed E-state index contributed by atoms with van der Waals surface area (Å²) in [4.78, 5) is 17.6. The van der Waals surface area contributed by atoms with Gasteiger partial charge in [-0.1, -0.05) is 0 Å². The Kier molecular flexibility index (Phi) is 3.99. The minimum Gasteiger partial charge on any atom is -0.452 e. The van der Waals surface area contributed by atoms with Gasteiger partial charge in [0.25, 0.3) is 5.91 Å². The first-order chi connectivity index (χ1) is 8.68. The van der Waals surface area contributed by atoms with Crippen molar-refractivity contribution < 1.29 is 9.21 Å². The zero-order valence-corrected chi connectivity index (χ0v) is 10.7. The summed E-state index contributed by atoms with van der Waals surface area (Å²) in [5.41, 5.74) is 1.54. The first-order valence-electron chi connectivity index (χ1n) is 5.56. The fraction of sp³-hybridized carbons (Fsp3) is 0.231. The van der Waals surface area contributed by atoms with Crippen LogP contribution in [0.2, 0.25) is 5.22 Å². The summed E-state index contributed by atoms with van der Waals surface area (Å²) >= 11 is 5.77. The molecular formula is C13H13ClN2O2. The van der Waals surface area contributed by atoms with Crippen LogP contribution < -0.4 is 0 Å². The van der Waals surface area contributed by atoms with E-state index < -0.39 is 0 Å². The molecule has 0 aromatic carbocycles. The highest BCUT2D eigenvalue weighted by Crippen LogP contribution is 2.18. The molecule has 94 valence electrons. The maximum absolute atomic E-state index is 12.0. The second-order valence-electron chi connectivity index (χ2n) is 3.94. The zero-order chi connectivity index (χ0) is 13.0. The third kappa shape index (κ3) is 2.90. The Hall–Kier alpha value is -1.81. The summed E-state index contributed by atoms with van der Waals surface area (Å²) in [5, 5.41) is 0.135. The predicted molar refractivity (Wildman–Crippen MR) is 68.6 cm³/mol. The van der Waals surface area contributed by atoms with Gasteiger partial charge in [0.1, 0.15) is 0 Å². The van der Waals surface area contributed by atoms with Crippen molar-refractivity contribution in [1.29, 1.82) is 0 Å². The Morgan fingerprint density at radius 1 is 1.39 bits per heavy atom. The lowest BCUT2D eigenvalue weighted by atomic mass is 10.2. The molecule has 0 bridgehead atoms. The smallest absolute Gasteiger partial charge is 0.258 e. The molecule has 0 N–H and O–H groups in total. The molecule has 2 rings (SSSR count). The average molecular weight is 265 g/mol. The fourth-order valence-corrected chi connectivity index (χ4v) is 1.79. The number of hydrogen-bond acceptors (Lipinski definition) is 3. The molecule has 2 aromatic heterocycles. The van der Waals surface area contributed by atoms with E-state index in [1.807, 2.05) is 12.1 Å². The minimum absolute atomic E-state index is 0.135. The van der Waals surface area contributed by atoms with Crippen molar-refractivity contribution in [3.8, 4) is 0 Å². The van der Waals surface area contributed by atoms with Crippen molar-refractivity contribution in [3.05, 3.63) is 53.2 Å². The number of pyridine rings is 1. The van der Waals surface area contributed by atoms with E-state index in [0.29, 0.717) is 12.1 Å².